The molecule has 2 aromatic carbocycles. The molecule has 0 unspecified atom stereocenters. The van der Waals surface area contributed by atoms with Crippen molar-refractivity contribution in [3.8, 4) is 5.75 Å². The zero-order valence-corrected chi connectivity index (χ0v) is 17.1. The first kappa shape index (κ1) is 20.6. The van der Waals surface area contributed by atoms with Crippen LogP contribution in [0.25, 0.3) is 6.08 Å². The molecule has 2 amide bonds. The minimum absolute atomic E-state index is 0.00323. The number of piperidine rings is 1. The molecule has 29 heavy (non-hydrogen) atoms. The van der Waals surface area contributed by atoms with Crippen molar-refractivity contribution in [2.75, 3.05) is 19.7 Å². The van der Waals surface area contributed by atoms with Crippen molar-refractivity contribution in [3.63, 3.8) is 0 Å². The van der Waals surface area contributed by atoms with Crippen molar-refractivity contribution >= 4 is 17.9 Å². The highest BCUT2D eigenvalue weighted by atomic mass is 16.5. The Labute approximate surface area is 172 Å². The SMILES string of the molecule is Cc1cccc(OCC(=O)NC2CCN(C(=O)/C=C/c3ccccc3)CC2)c1C. The van der Waals surface area contributed by atoms with Crippen LogP contribution in [-0.4, -0.2) is 42.5 Å². The first-order valence-corrected chi connectivity index (χ1v) is 10.0. The molecule has 5 heteroatoms. The lowest BCUT2D eigenvalue weighted by molar-refractivity contribution is -0.127. The molecule has 0 aliphatic carbocycles. The summed E-state index contributed by atoms with van der Waals surface area (Å²) in [6, 6.07) is 15.7. The molecule has 5 nitrogen and oxygen atoms in total. The highest BCUT2D eigenvalue weighted by Gasteiger charge is 2.22. The van der Waals surface area contributed by atoms with Crippen LogP contribution >= 0.6 is 0 Å². The third-order valence-electron chi connectivity index (χ3n) is 5.30. The Bertz CT molecular complexity index is 869. The largest absolute Gasteiger partial charge is 0.483 e. The normalized spacial score (nSPS) is 14.8. The molecule has 152 valence electrons. The number of amides is 2. The van der Waals surface area contributed by atoms with E-state index in [1.54, 1.807) is 6.08 Å². The Balaban J connectivity index is 1.41. The Hall–Kier alpha value is -3.08. The van der Waals surface area contributed by atoms with E-state index in [-0.39, 0.29) is 24.5 Å². The van der Waals surface area contributed by atoms with Crippen LogP contribution < -0.4 is 10.1 Å². The van der Waals surface area contributed by atoms with E-state index >= 15 is 0 Å². The molecule has 0 bridgehead atoms. The number of benzene rings is 2. The molecule has 0 saturated carbocycles. The molecule has 3 rings (SSSR count). The van der Waals surface area contributed by atoms with Gasteiger partial charge in [-0.3, -0.25) is 9.59 Å². The number of carbonyl (C=O) groups is 2. The van der Waals surface area contributed by atoms with Gasteiger partial charge in [0.2, 0.25) is 5.91 Å². The van der Waals surface area contributed by atoms with Gasteiger partial charge in [0.25, 0.3) is 5.91 Å². The Morgan fingerprint density at radius 2 is 1.79 bits per heavy atom. The summed E-state index contributed by atoms with van der Waals surface area (Å²) in [5.41, 5.74) is 3.20. The Morgan fingerprint density at radius 1 is 1.07 bits per heavy atom. The van der Waals surface area contributed by atoms with E-state index in [0.29, 0.717) is 13.1 Å². The predicted molar refractivity (Wildman–Crippen MR) is 115 cm³/mol. The van der Waals surface area contributed by atoms with Crippen LogP contribution in [0.4, 0.5) is 0 Å². The van der Waals surface area contributed by atoms with Gasteiger partial charge in [-0.15, -0.1) is 0 Å². The van der Waals surface area contributed by atoms with Crippen LogP contribution in [0.5, 0.6) is 5.75 Å². The molecule has 2 aromatic rings. The topological polar surface area (TPSA) is 58.6 Å². The van der Waals surface area contributed by atoms with Gasteiger partial charge in [-0.1, -0.05) is 42.5 Å². The number of hydrogen-bond acceptors (Lipinski definition) is 3. The van der Waals surface area contributed by atoms with Gasteiger partial charge in [0.1, 0.15) is 5.75 Å². The average molecular weight is 392 g/mol. The molecular formula is C24H28N2O3. The van der Waals surface area contributed by atoms with Crippen molar-refractivity contribution in [3.05, 3.63) is 71.3 Å². The molecule has 1 aliphatic rings. The summed E-state index contributed by atoms with van der Waals surface area (Å²) >= 11 is 0. The summed E-state index contributed by atoms with van der Waals surface area (Å²) in [6.07, 6.45) is 4.95. The van der Waals surface area contributed by atoms with Gasteiger partial charge in [0, 0.05) is 25.2 Å². The van der Waals surface area contributed by atoms with Crippen molar-refractivity contribution < 1.29 is 14.3 Å². The first-order valence-electron chi connectivity index (χ1n) is 10.0. The second-order valence-electron chi connectivity index (χ2n) is 7.40. The third kappa shape index (κ3) is 5.95. The molecule has 1 aliphatic heterocycles. The molecule has 1 saturated heterocycles. The molecule has 0 spiro atoms. The van der Waals surface area contributed by atoms with E-state index in [4.69, 9.17) is 4.74 Å². The smallest absolute Gasteiger partial charge is 0.258 e. The lowest BCUT2D eigenvalue weighted by atomic mass is 10.0. The van der Waals surface area contributed by atoms with Crippen molar-refractivity contribution in [1.82, 2.24) is 10.2 Å². The number of nitrogens with one attached hydrogen (secondary N) is 1. The fraction of sp³-hybridized carbons (Fsp3) is 0.333. The summed E-state index contributed by atoms with van der Waals surface area (Å²) in [5, 5.41) is 3.02. The third-order valence-corrected chi connectivity index (χ3v) is 5.30. The maximum atomic E-state index is 12.4. The Morgan fingerprint density at radius 3 is 2.52 bits per heavy atom. The van der Waals surface area contributed by atoms with Crippen LogP contribution in [0.15, 0.2) is 54.6 Å². The van der Waals surface area contributed by atoms with E-state index in [2.05, 4.69) is 5.32 Å². The molecular weight excluding hydrogens is 364 g/mol. The molecule has 1 fully saturated rings. The maximum Gasteiger partial charge on any atom is 0.258 e. The van der Waals surface area contributed by atoms with Gasteiger partial charge in [-0.05, 0) is 55.5 Å². The Kier molecular flexibility index (Phi) is 7.06. The van der Waals surface area contributed by atoms with Crippen LogP contribution in [0.3, 0.4) is 0 Å². The summed E-state index contributed by atoms with van der Waals surface area (Å²) in [4.78, 5) is 26.4. The highest BCUT2D eigenvalue weighted by molar-refractivity contribution is 5.91. The summed E-state index contributed by atoms with van der Waals surface area (Å²) < 4.78 is 5.67. The fourth-order valence-corrected chi connectivity index (χ4v) is 3.37. The quantitative estimate of drug-likeness (QED) is 0.766. The van der Waals surface area contributed by atoms with E-state index in [0.717, 1.165) is 35.3 Å². The summed E-state index contributed by atoms with van der Waals surface area (Å²) in [7, 11) is 0. The summed E-state index contributed by atoms with van der Waals surface area (Å²) in [6.45, 7) is 5.29. The number of hydrogen-bond donors (Lipinski definition) is 1. The van der Waals surface area contributed by atoms with Gasteiger partial charge >= 0.3 is 0 Å². The zero-order chi connectivity index (χ0) is 20.6. The van der Waals surface area contributed by atoms with E-state index < -0.39 is 0 Å². The van der Waals surface area contributed by atoms with Crippen molar-refractivity contribution in [1.29, 1.82) is 0 Å². The number of nitrogens with zero attached hydrogens (tertiary/aromatic N) is 1. The van der Waals surface area contributed by atoms with Gasteiger partial charge in [0.15, 0.2) is 6.61 Å². The number of rotatable bonds is 6. The van der Waals surface area contributed by atoms with Crippen LogP contribution in [0.1, 0.15) is 29.5 Å². The first-order chi connectivity index (χ1) is 14.0. The van der Waals surface area contributed by atoms with E-state index in [9.17, 15) is 9.59 Å². The van der Waals surface area contributed by atoms with Gasteiger partial charge in [-0.25, -0.2) is 0 Å². The monoisotopic (exact) mass is 392 g/mol. The second-order valence-corrected chi connectivity index (χ2v) is 7.40. The molecule has 0 atom stereocenters. The predicted octanol–water partition coefficient (Wildman–Crippen LogP) is 3.50. The molecule has 0 aromatic heterocycles. The van der Waals surface area contributed by atoms with Crippen molar-refractivity contribution in [2.45, 2.75) is 32.7 Å². The molecule has 1 heterocycles. The van der Waals surface area contributed by atoms with E-state index in [1.165, 1.54) is 0 Å². The van der Waals surface area contributed by atoms with Crippen LogP contribution in [0, 0.1) is 13.8 Å². The second kappa shape index (κ2) is 9.92. The molecule has 0 radical (unpaired) electrons. The number of likely N-dealkylation sites (tertiary alicyclic amines) is 1. The van der Waals surface area contributed by atoms with Crippen LogP contribution in [0.2, 0.25) is 0 Å². The fourth-order valence-electron chi connectivity index (χ4n) is 3.37. The molecule has 1 N–H and O–H groups in total. The van der Waals surface area contributed by atoms with Crippen molar-refractivity contribution in [2.24, 2.45) is 0 Å². The average Bonchev–Trinajstić information content (AvgIpc) is 2.74. The highest BCUT2D eigenvalue weighted by Crippen LogP contribution is 2.20. The van der Waals surface area contributed by atoms with Crippen LogP contribution in [-0.2, 0) is 9.59 Å². The van der Waals surface area contributed by atoms with E-state index in [1.807, 2.05) is 73.4 Å². The standard InChI is InChI=1S/C24H28N2O3/c1-18-7-6-10-22(19(18)2)29-17-23(27)25-21-13-15-26(16-14-21)24(28)12-11-20-8-4-3-5-9-20/h3-12,21H,13-17H2,1-2H3,(H,25,27)/b12-11+. The number of aryl methyl sites for hydroxylation is 1. The zero-order valence-electron chi connectivity index (χ0n) is 17.1. The lowest BCUT2D eigenvalue weighted by Gasteiger charge is -2.31. The van der Waals surface area contributed by atoms with Gasteiger partial charge in [0.05, 0.1) is 0 Å². The summed E-state index contributed by atoms with van der Waals surface area (Å²) in [5.74, 6) is 0.627. The minimum atomic E-state index is -0.125. The number of ether oxygens (including phenoxy) is 1. The maximum absolute atomic E-state index is 12.4. The van der Waals surface area contributed by atoms with Gasteiger partial charge < -0.3 is 15.0 Å². The minimum Gasteiger partial charge on any atom is -0.483 e. The van der Waals surface area contributed by atoms with Gasteiger partial charge in [-0.2, -0.15) is 0 Å². The lowest BCUT2D eigenvalue weighted by Crippen LogP contribution is -2.47. The number of carbonyl (C=O) groups excluding carboxylic acids is 2.